The van der Waals surface area contributed by atoms with Crippen molar-refractivity contribution in [1.29, 1.82) is 0 Å². The monoisotopic (exact) mass is 230 g/mol. The molecule has 0 aromatic rings. The number of Topliss-reactive ketones (excluding diaryl/α,β-unsaturated/α-hetero) is 1. The number of unbranched alkanes of at least 4 members (excludes halogenated alkanes) is 1. The standard InChI is InChI=1S/C12H22O4/c1-4-6-7-15-9-11(5-2)16-12(14)8-10(3)13/h11H,4-9H2,1-3H3. The number of ether oxygens (including phenoxy) is 2. The lowest BCUT2D eigenvalue weighted by Crippen LogP contribution is -2.24. The fraction of sp³-hybridized carbons (Fsp3) is 0.833. The zero-order valence-corrected chi connectivity index (χ0v) is 10.5. The topological polar surface area (TPSA) is 52.6 Å². The highest BCUT2D eigenvalue weighted by Gasteiger charge is 2.14. The molecular formula is C12H22O4. The van der Waals surface area contributed by atoms with Crippen LogP contribution in [0.15, 0.2) is 0 Å². The molecule has 0 bridgehead atoms. The second-order valence-electron chi connectivity index (χ2n) is 3.83. The summed E-state index contributed by atoms with van der Waals surface area (Å²) in [6.07, 6.45) is 2.42. The average Bonchev–Trinajstić information content (AvgIpc) is 2.21. The van der Waals surface area contributed by atoms with Gasteiger partial charge in [0.2, 0.25) is 0 Å². The minimum atomic E-state index is -0.460. The van der Waals surface area contributed by atoms with Gasteiger partial charge in [-0.1, -0.05) is 20.3 Å². The summed E-state index contributed by atoms with van der Waals surface area (Å²) in [7, 11) is 0. The number of carbonyl (C=O) groups excluding carboxylic acids is 2. The van der Waals surface area contributed by atoms with Gasteiger partial charge in [0.05, 0.1) is 6.61 Å². The first-order valence-electron chi connectivity index (χ1n) is 5.86. The molecular weight excluding hydrogens is 208 g/mol. The van der Waals surface area contributed by atoms with Gasteiger partial charge < -0.3 is 9.47 Å². The molecule has 0 aromatic heterocycles. The first-order valence-corrected chi connectivity index (χ1v) is 5.86. The van der Waals surface area contributed by atoms with Gasteiger partial charge in [0.15, 0.2) is 0 Å². The van der Waals surface area contributed by atoms with Crippen molar-refractivity contribution in [2.45, 2.75) is 52.6 Å². The third kappa shape index (κ3) is 8.41. The summed E-state index contributed by atoms with van der Waals surface area (Å²) < 4.78 is 10.5. The van der Waals surface area contributed by atoms with Crippen molar-refractivity contribution in [3.63, 3.8) is 0 Å². The lowest BCUT2D eigenvalue weighted by Gasteiger charge is -2.15. The largest absolute Gasteiger partial charge is 0.460 e. The Labute approximate surface area is 97.3 Å². The first-order chi connectivity index (χ1) is 7.60. The van der Waals surface area contributed by atoms with Crippen molar-refractivity contribution in [3.05, 3.63) is 0 Å². The van der Waals surface area contributed by atoms with E-state index in [9.17, 15) is 9.59 Å². The van der Waals surface area contributed by atoms with Crippen molar-refractivity contribution in [2.24, 2.45) is 0 Å². The highest BCUT2D eigenvalue weighted by atomic mass is 16.6. The van der Waals surface area contributed by atoms with E-state index in [1.54, 1.807) is 0 Å². The second-order valence-corrected chi connectivity index (χ2v) is 3.83. The van der Waals surface area contributed by atoms with Gasteiger partial charge in [-0.15, -0.1) is 0 Å². The summed E-state index contributed by atoms with van der Waals surface area (Å²) in [5.74, 6) is -0.634. The highest BCUT2D eigenvalue weighted by molar-refractivity contribution is 5.94. The molecule has 0 aliphatic rings. The van der Waals surface area contributed by atoms with E-state index < -0.39 is 5.97 Å². The summed E-state index contributed by atoms with van der Waals surface area (Å²) in [6, 6.07) is 0. The SMILES string of the molecule is CCCCOCC(CC)OC(=O)CC(C)=O. The van der Waals surface area contributed by atoms with Crippen LogP contribution in [0, 0.1) is 0 Å². The Morgan fingerprint density at radius 2 is 1.94 bits per heavy atom. The van der Waals surface area contributed by atoms with E-state index in [1.807, 2.05) is 6.92 Å². The Morgan fingerprint density at radius 3 is 2.44 bits per heavy atom. The van der Waals surface area contributed by atoms with Crippen LogP contribution in [0.5, 0.6) is 0 Å². The van der Waals surface area contributed by atoms with E-state index in [4.69, 9.17) is 9.47 Å². The number of hydrogen-bond donors (Lipinski definition) is 0. The number of hydrogen-bond acceptors (Lipinski definition) is 4. The molecule has 94 valence electrons. The summed E-state index contributed by atoms with van der Waals surface area (Å²) >= 11 is 0. The number of ketones is 1. The molecule has 0 saturated carbocycles. The van der Waals surface area contributed by atoms with Gasteiger partial charge in [-0.2, -0.15) is 0 Å². The third-order valence-corrected chi connectivity index (χ3v) is 2.09. The van der Waals surface area contributed by atoms with Crippen LogP contribution in [0.2, 0.25) is 0 Å². The minimum Gasteiger partial charge on any atom is -0.460 e. The molecule has 0 fully saturated rings. The van der Waals surface area contributed by atoms with E-state index >= 15 is 0 Å². The summed E-state index contributed by atoms with van der Waals surface area (Å²) in [5.41, 5.74) is 0. The van der Waals surface area contributed by atoms with E-state index in [0.717, 1.165) is 12.8 Å². The number of rotatable bonds is 9. The molecule has 4 heteroatoms. The van der Waals surface area contributed by atoms with Gasteiger partial charge in [-0.3, -0.25) is 9.59 Å². The van der Waals surface area contributed by atoms with Crippen LogP contribution in [0.4, 0.5) is 0 Å². The lowest BCUT2D eigenvalue weighted by molar-refractivity contribution is -0.153. The Kier molecular flexibility index (Phi) is 8.81. The third-order valence-electron chi connectivity index (χ3n) is 2.09. The smallest absolute Gasteiger partial charge is 0.313 e. The van der Waals surface area contributed by atoms with Crippen LogP contribution in [0.25, 0.3) is 0 Å². The van der Waals surface area contributed by atoms with Crippen LogP contribution >= 0.6 is 0 Å². The van der Waals surface area contributed by atoms with Gasteiger partial charge in [-0.05, 0) is 19.8 Å². The average molecular weight is 230 g/mol. The maximum absolute atomic E-state index is 11.2. The molecule has 0 radical (unpaired) electrons. The van der Waals surface area contributed by atoms with Crippen molar-refractivity contribution < 1.29 is 19.1 Å². The van der Waals surface area contributed by atoms with Crippen LogP contribution < -0.4 is 0 Å². The van der Waals surface area contributed by atoms with E-state index in [2.05, 4.69) is 6.92 Å². The van der Waals surface area contributed by atoms with Crippen LogP contribution in [-0.2, 0) is 19.1 Å². The zero-order chi connectivity index (χ0) is 12.4. The Hall–Kier alpha value is -0.900. The fourth-order valence-corrected chi connectivity index (χ4v) is 1.13. The van der Waals surface area contributed by atoms with Crippen molar-refractivity contribution in [1.82, 2.24) is 0 Å². The quantitative estimate of drug-likeness (QED) is 0.346. The molecule has 1 unspecified atom stereocenters. The van der Waals surface area contributed by atoms with E-state index in [-0.39, 0.29) is 18.3 Å². The molecule has 1 atom stereocenters. The van der Waals surface area contributed by atoms with Crippen molar-refractivity contribution in [3.8, 4) is 0 Å². The maximum atomic E-state index is 11.2. The fourth-order valence-electron chi connectivity index (χ4n) is 1.13. The molecule has 0 amide bonds. The Balaban J connectivity index is 3.73. The van der Waals surface area contributed by atoms with Crippen LogP contribution in [0.1, 0.15) is 46.5 Å². The lowest BCUT2D eigenvalue weighted by atomic mass is 10.3. The normalized spacial score (nSPS) is 12.2. The highest BCUT2D eigenvalue weighted by Crippen LogP contribution is 2.02. The molecule has 4 nitrogen and oxygen atoms in total. The van der Waals surface area contributed by atoms with E-state index in [1.165, 1.54) is 6.92 Å². The van der Waals surface area contributed by atoms with Gasteiger partial charge in [0.25, 0.3) is 0 Å². The van der Waals surface area contributed by atoms with E-state index in [0.29, 0.717) is 19.6 Å². The molecule has 16 heavy (non-hydrogen) atoms. The second kappa shape index (κ2) is 9.33. The summed E-state index contributed by atoms with van der Waals surface area (Å²) in [5, 5.41) is 0. The first kappa shape index (κ1) is 15.1. The van der Waals surface area contributed by atoms with Gasteiger partial charge in [-0.25, -0.2) is 0 Å². The summed E-state index contributed by atoms with van der Waals surface area (Å²) in [6.45, 7) is 6.50. The molecule has 0 spiro atoms. The van der Waals surface area contributed by atoms with Gasteiger partial charge in [0.1, 0.15) is 18.3 Å². The minimum absolute atomic E-state index is 0.147. The molecule has 0 aliphatic heterocycles. The van der Waals surface area contributed by atoms with Crippen molar-refractivity contribution >= 4 is 11.8 Å². The van der Waals surface area contributed by atoms with Crippen LogP contribution in [-0.4, -0.2) is 31.1 Å². The van der Waals surface area contributed by atoms with Crippen LogP contribution in [0.3, 0.4) is 0 Å². The predicted octanol–water partition coefficient (Wildman–Crippen LogP) is 2.10. The molecule has 0 saturated heterocycles. The number of esters is 1. The maximum Gasteiger partial charge on any atom is 0.313 e. The van der Waals surface area contributed by atoms with Gasteiger partial charge in [0, 0.05) is 6.61 Å². The number of carbonyl (C=O) groups is 2. The molecule has 0 N–H and O–H groups in total. The zero-order valence-electron chi connectivity index (χ0n) is 10.5. The summed E-state index contributed by atoms with van der Waals surface area (Å²) in [4.78, 5) is 21.9. The predicted molar refractivity (Wildman–Crippen MR) is 61.2 cm³/mol. The molecule has 0 heterocycles. The van der Waals surface area contributed by atoms with Gasteiger partial charge >= 0.3 is 5.97 Å². The Morgan fingerprint density at radius 1 is 1.25 bits per heavy atom. The molecule has 0 aliphatic carbocycles. The van der Waals surface area contributed by atoms with Crippen molar-refractivity contribution in [2.75, 3.05) is 13.2 Å². The Bertz CT molecular complexity index is 213. The molecule has 0 aromatic carbocycles. The molecule has 0 rings (SSSR count).